The zero-order chi connectivity index (χ0) is 12.3. The summed E-state index contributed by atoms with van der Waals surface area (Å²) in [7, 11) is 0. The molecule has 1 aliphatic carbocycles. The van der Waals surface area contributed by atoms with Crippen molar-refractivity contribution in [2.75, 3.05) is 32.7 Å². The molecule has 1 heterocycles. The lowest BCUT2D eigenvalue weighted by atomic mass is 9.85. The van der Waals surface area contributed by atoms with Gasteiger partial charge in [0.15, 0.2) is 0 Å². The van der Waals surface area contributed by atoms with Gasteiger partial charge >= 0.3 is 6.09 Å². The molecule has 2 fully saturated rings. The fourth-order valence-electron chi connectivity index (χ4n) is 3.02. The number of carboxylic acid groups (broad SMARTS) is 1. The van der Waals surface area contributed by atoms with E-state index in [0.717, 1.165) is 19.6 Å². The Labute approximate surface area is 103 Å². The smallest absolute Gasteiger partial charge is 0.407 e. The van der Waals surface area contributed by atoms with E-state index in [0.29, 0.717) is 25.0 Å². The fourth-order valence-corrected chi connectivity index (χ4v) is 3.02. The number of nitrogens with zero attached hydrogens (tertiary/aromatic N) is 2. The third-order valence-electron chi connectivity index (χ3n) is 4.25. The zero-order valence-electron chi connectivity index (χ0n) is 10.3. The van der Waals surface area contributed by atoms with Gasteiger partial charge in [-0.1, -0.05) is 0 Å². The van der Waals surface area contributed by atoms with Crippen LogP contribution in [0, 0.1) is 5.92 Å². The van der Waals surface area contributed by atoms with E-state index in [1.54, 1.807) is 0 Å². The van der Waals surface area contributed by atoms with Gasteiger partial charge in [-0.15, -0.1) is 0 Å². The van der Waals surface area contributed by atoms with Gasteiger partial charge in [0.25, 0.3) is 0 Å². The lowest BCUT2D eigenvalue weighted by Crippen LogP contribution is -2.52. The van der Waals surface area contributed by atoms with E-state index >= 15 is 0 Å². The highest BCUT2D eigenvalue weighted by Gasteiger charge is 2.28. The summed E-state index contributed by atoms with van der Waals surface area (Å²) in [5, 5.41) is 8.89. The molecule has 1 saturated heterocycles. The molecule has 5 nitrogen and oxygen atoms in total. The van der Waals surface area contributed by atoms with Crippen molar-refractivity contribution < 1.29 is 9.90 Å². The second kappa shape index (κ2) is 5.69. The molecule has 0 aromatic heterocycles. The number of amides is 1. The van der Waals surface area contributed by atoms with Crippen LogP contribution in [0.25, 0.3) is 0 Å². The third-order valence-corrected chi connectivity index (χ3v) is 4.25. The highest BCUT2D eigenvalue weighted by Crippen LogP contribution is 2.27. The lowest BCUT2D eigenvalue weighted by Gasteiger charge is -2.41. The maximum atomic E-state index is 10.8. The second-order valence-electron chi connectivity index (χ2n) is 5.22. The molecule has 1 aliphatic heterocycles. The Balaban J connectivity index is 1.76. The summed E-state index contributed by atoms with van der Waals surface area (Å²) < 4.78 is 0. The van der Waals surface area contributed by atoms with Crippen LogP contribution in [0.2, 0.25) is 0 Å². The molecule has 0 aromatic rings. The van der Waals surface area contributed by atoms with Crippen molar-refractivity contribution in [3.63, 3.8) is 0 Å². The molecule has 0 bridgehead atoms. The summed E-state index contributed by atoms with van der Waals surface area (Å²) in [4.78, 5) is 14.8. The van der Waals surface area contributed by atoms with Crippen LogP contribution in [0.3, 0.4) is 0 Å². The average molecular weight is 241 g/mol. The molecule has 2 rings (SSSR count). The van der Waals surface area contributed by atoms with Crippen LogP contribution in [0.5, 0.6) is 0 Å². The van der Waals surface area contributed by atoms with Crippen LogP contribution < -0.4 is 5.73 Å². The summed E-state index contributed by atoms with van der Waals surface area (Å²) >= 11 is 0. The van der Waals surface area contributed by atoms with Crippen molar-refractivity contribution >= 4 is 6.09 Å². The first-order valence-corrected chi connectivity index (χ1v) is 6.62. The topological polar surface area (TPSA) is 69.8 Å². The van der Waals surface area contributed by atoms with Crippen LogP contribution in [0.4, 0.5) is 4.79 Å². The number of hydrogen-bond acceptors (Lipinski definition) is 3. The number of hydrogen-bond donors (Lipinski definition) is 2. The number of piperazine rings is 1. The molecule has 0 spiro atoms. The molecule has 17 heavy (non-hydrogen) atoms. The molecule has 2 aliphatic rings. The second-order valence-corrected chi connectivity index (χ2v) is 5.22. The minimum absolute atomic E-state index is 0.659. The van der Waals surface area contributed by atoms with Gasteiger partial charge < -0.3 is 15.7 Å². The minimum atomic E-state index is -0.781. The van der Waals surface area contributed by atoms with Crippen LogP contribution >= 0.6 is 0 Å². The van der Waals surface area contributed by atoms with E-state index < -0.39 is 6.09 Å². The van der Waals surface area contributed by atoms with Crippen molar-refractivity contribution in [1.29, 1.82) is 0 Å². The first-order chi connectivity index (χ1) is 8.20. The van der Waals surface area contributed by atoms with Crippen molar-refractivity contribution in [2.24, 2.45) is 11.7 Å². The number of carbonyl (C=O) groups is 1. The SMILES string of the molecule is NCC1CCC(N2CCN(C(=O)O)CC2)CC1. The molecule has 0 atom stereocenters. The summed E-state index contributed by atoms with van der Waals surface area (Å²) in [6.45, 7) is 3.92. The summed E-state index contributed by atoms with van der Waals surface area (Å²) in [5.74, 6) is 0.714. The van der Waals surface area contributed by atoms with Gasteiger partial charge in [-0.25, -0.2) is 4.79 Å². The van der Waals surface area contributed by atoms with Crippen molar-refractivity contribution in [3.05, 3.63) is 0 Å². The Bertz CT molecular complexity index is 256. The third kappa shape index (κ3) is 3.10. The molecule has 0 unspecified atom stereocenters. The van der Waals surface area contributed by atoms with Gasteiger partial charge in [-0.2, -0.15) is 0 Å². The highest BCUT2D eigenvalue weighted by atomic mass is 16.4. The fraction of sp³-hybridized carbons (Fsp3) is 0.917. The maximum absolute atomic E-state index is 10.8. The number of rotatable bonds is 2. The van der Waals surface area contributed by atoms with Gasteiger partial charge in [0, 0.05) is 32.2 Å². The quantitative estimate of drug-likeness (QED) is 0.750. The first-order valence-electron chi connectivity index (χ1n) is 6.62. The van der Waals surface area contributed by atoms with E-state index in [9.17, 15) is 4.79 Å². The van der Waals surface area contributed by atoms with Gasteiger partial charge in [-0.05, 0) is 38.1 Å². The van der Waals surface area contributed by atoms with Crippen LogP contribution in [-0.2, 0) is 0 Å². The van der Waals surface area contributed by atoms with E-state index in [2.05, 4.69) is 4.90 Å². The van der Waals surface area contributed by atoms with E-state index in [1.807, 2.05) is 0 Å². The predicted octanol–water partition coefficient (Wildman–Crippen LogP) is 0.800. The van der Waals surface area contributed by atoms with Crippen molar-refractivity contribution in [2.45, 2.75) is 31.7 Å². The van der Waals surface area contributed by atoms with E-state index in [-0.39, 0.29) is 0 Å². The molecule has 0 aromatic carbocycles. The van der Waals surface area contributed by atoms with Gasteiger partial charge in [0.05, 0.1) is 0 Å². The highest BCUT2D eigenvalue weighted by molar-refractivity contribution is 5.65. The minimum Gasteiger partial charge on any atom is -0.465 e. The van der Waals surface area contributed by atoms with Crippen molar-refractivity contribution in [3.8, 4) is 0 Å². The van der Waals surface area contributed by atoms with E-state index in [1.165, 1.54) is 30.6 Å². The molecular formula is C12H23N3O2. The Kier molecular flexibility index (Phi) is 4.23. The monoisotopic (exact) mass is 241 g/mol. The number of nitrogens with two attached hydrogens (primary N) is 1. The van der Waals surface area contributed by atoms with Crippen LogP contribution in [-0.4, -0.2) is 59.8 Å². The molecule has 98 valence electrons. The van der Waals surface area contributed by atoms with Gasteiger partial charge in [0.2, 0.25) is 0 Å². The summed E-state index contributed by atoms with van der Waals surface area (Å²) in [6, 6.07) is 0.661. The summed E-state index contributed by atoms with van der Waals surface area (Å²) in [5.41, 5.74) is 5.69. The van der Waals surface area contributed by atoms with Gasteiger partial charge in [0.1, 0.15) is 0 Å². The van der Waals surface area contributed by atoms with Crippen molar-refractivity contribution in [1.82, 2.24) is 9.80 Å². The normalized spacial score (nSPS) is 31.5. The molecule has 1 amide bonds. The molecule has 0 radical (unpaired) electrons. The van der Waals surface area contributed by atoms with Crippen LogP contribution in [0.15, 0.2) is 0 Å². The standard InChI is InChI=1S/C12H23N3O2/c13-9-10-1-3-11(4-2-10)14-5-7-15(8-6-14)12(16)17/h10-11H,1-9,13H2,(H,16,17). The van der Waals surface area contributed by atoms with E-state index in [4.69, 9.17) is 10.8 Å². The lowest BCUT2D eigenvalue weighted by molar-refractivity contribution is 0.0675. The Morgan fingerprint density at radius 2 is 1.71 bits per heavy atom. The molecule has 1 saturated carbocycles. The van der Waals surface area contributed by atoms with Gasteiger partial charge in [-0.3, -0.25) is 4.90 Å². The molecular weight excluding hydrogens is 218 g/mol. The zero-order valence-corrected chi connectivity index (χ0v) is 10.3. The maximum Gasteiger partial charge on any atom is 0.407 e. The Morgan fingerprint density at radius 3 is 2.18 bits per heavy atom. The average Bonchev–Trinajstić information content (AvgIpc) is 2.39. The largest absolute Gasteiger partial charge is 0.465 e. The summed E-state index contributed by atoms with van der Waals surface area (Å²) in [6.07, 6.45) is 4.15. The first kappa shape index (κ1) is 12.6. The Morgan fingerprint density at radius 1 is 1.12 bits per heavy atom. The molecule has 5 heteroatoms. The molecule has 3 N–H and O–H groups in total. The van der Waals surface area contributed by atoms with Crippen LogP contribution in [0.1, 0.15) is 25.7 Å². The Hall–Kier alpha value is -0.810. The predicted molar refractivity (Wildman–Crippen MR) is 66.0 cm³/mol.